The van der Waals surface area contributed by atoms with E-state index in [0.29, 0.717) is 29.6 Å². The van der Waals surface area contributed by atoms with Crippen LogP contribution in [0.1, 0.15) is 48.8 Å². The molecule has 11 nitrogen and oxygen atoms in total. The van der Waals surface area contributed by atoms with Crippen LogP contribution >= 0.6 is 11.3 Å². The Labute approximate surface area is 261 Å². The molecule has 0 aliphatic carbocycles. The molecule has 0 atom stereocenters. The lowest BCUT2D eigenvalue weighted by Gasteiger charge is -2.23. The highest BCUT2D eigenvalue weighted by atomic mass is 32.1. The fourth-order valence-electron chi connectivity index (χ4n) is 4.26. The van der Waals surface area contributed by atoms with Gasteiger partial charge in [-0.2, -0.15) is 0 Å². The highest BCUT2D eigenvalue weighted by Gasteiger charge is 2.19. The molecule has 4 aromatic rings. The highest BCUT2D eigenvalue weighted by Crippen LogP contribution is 2.27. The summed E-state index contributed by atoms with van der Waals surface area (Å²) in [6, 6.07) is 16.0. The quantitative estimate of drug-likeness (QED) is 0.183. The van der Waals surface area contributed by atoms with Crippen LogP contribution < -0.4 is 16.0 Å². The van der Waals surface area contributed by atoms with E-state index in [1.54, 1.807) is 68.3 Å². The van der Waals surface area contributed by atoms with Crippen LogP contribution in [0.25, 0.3) is 10.2 Å². The molecule has 12 heteroatoms. The number of nitrogens with one attached hydrogen (secondary N) is 3. The standard InChI is InChI=1S/C32H39N7O4S/c1-21-12-14-25-27(18-21)44-29(35-25)37-30(41)39(17-9-16-38(5)6)20-22-13-15-26(33-19-22)28(40)34-23-10-7-8-11-24(23)36-31(42)43-32(2,3)4/h7-8,10-15,18-19H,9,16-17,20H2,1-6H3,(H,34,40)(H,36,42)(H,35,37,41). The Morgan fingerprint density at radius 1 is 0.932 bits per heavy atom. The molecule has 0 saturated carbocycles. The Hall–Kier alpha value is -4.55. The van der Waals surface area contributed by atoms with Crippen molar-refractivity contribution in [3.8, 4) is 0 Å². The Morgan fingerprint density at radius 3 is 2.32 bits per heavy atom. The van der Waals surface area contributed by atoms with Crippen LogP contribution in [0.4, 0.5) is 26.1 Å². The average molecular weight is 618 g/mol. The first-order valence-electron chi connectivity index (χ1n) is 14.3. The maximum absolute atomic E-state index is 13.3. The second kappa shape index (κ2) is 14.3. The maximum atomic E-state index is 13.3. The summed E-state index contributed by atoms with van der Waals surface area (Å²) in [6.45, 7) is 9.00. The number of carbonyl (C=O) groups excluding carboxylic acids is 3. The number of para-hydroxylation sites is 2. The van der Waals surface area contributed by atoms with Gasteiger partial charge in [0.25, 0.3) is 5.91 Å². The highest BCUT2D eigenvalue weighted by molar-refractivity contribution is 7.22. The van der Waals surface area contributed by atoms with Crippen molar-refractivity contribution in [3.63, 3.8) is 0 Å². The van der Waals surface area contributed by atoms with Gasteiger partial charge in [0.15, 0.2) is 5.13 Å². The number of amides is 4. The molecule has 232 valence electrons. The number of fused-ring (bicyclic) bond motifs is 1. The minimum absolute atomic E-state index is 0.189. The SMILES string of the molecule is Cc1ccc2nc(NC(=O)N(CCCN(C)C)Cc3ccc(C(=O)Nc4ccccc4NC(=O)OC(C)(C)C)nc3)sc2c1. The first-order valence-corrected chi connectivity index (χ1v) is 15.1. The number of hydrogen-bond acceptors (Lipinski definition) is 8. The van der Waals surface area contributed by atoms with Gasteiger partial charge in [0.1, 0.15) is 11.3 Å². The van der Waals surface area contributed by atoms with Gasteiger partial charge in [-0.05, 0) is 96.2 Å². The van der Waals surface area contributed by atoms with Gasteiger partial charge in [-0.3, -0.25) is 20.4 Å². The Balaban J connectivity index is 1.42. The molecule has 2 heterocycles. The fraction of sp³-hybridized carbons (Fsp3) is 0.344. The number of hydrogen-bond donors (Lipinski definition) is 3. The summed E-state index contributed by atoms with van der Waals surface area (Å²) in [5.41, 5.74) is 3.08. The zero-order chi connectivity index (χ0) is 31.9. The average Bonchev–Trinajstić information content (AvgIpc) is 3.34. The van der Waals surface area contributed by atoms with Crippen molar-refractivity contribution in [1.82, 2.24) is 19.8 Å². The van der Waals surface area contributed by atoms with Crippen LogP contribution in [0.2, 0.25) is 0 Å². The topological polar surface area (TPSA) is 129 Å². The van der Waals surface area contributed by atoms with E-state index in [-0.39, 0.29) is 11.7 Å². The normalized spacial score (nSPS) is 11.3. The molecule has 3 N–H and O–H groups in total. The number of benzene rings is 2. The zero-order valence-electron chi connectivity index (χ0n) is 25.9. The first kappa shape index (κ1) is 32.4. The van der Waals surface area contributed by atoms with Crippen LogP contribution in [0.15, 0.2) is 60.8 Å². The van der Waals surface area contributed by atoms with Crippen molar-refractivity contribution in [3.05, 3.63) is 77.6 Å². The van der Waals surface area contributed by atoms with E-state index in [1.807, 2.05) is 33.2 Å². The lowest BCUT2D eigenvalue weighted by molar-refractivity contribution is 0.0635. The van der Waals surface area contributed by atoms with Crippen LogP contribution in [0.3, 0.4) is 0 Å². The third-order valence-electron chi connectivity index (χ3n) is 6.32. The van der Waals surface area contributed by atoms with Crippen molar-refractivity contribution in [1.29, 1.82) is 0 Å². The van der Waals surface area contributed by atoms with E-state index in [2.05, 4.69) is 36.9 Å². The van der Waals surface area contributed by atoms with Crippen LogP contribution in [-0.4, -0.2) is 70.6 Å². The van der Waals surface area contributed by atoms with E-state index in [0.717, 1.165) is 34.3 Å². The Morgan fingerprint density at radius 2 is 1.66 bits per heavy atom. The number of aryl methyl sites for hydroxylation is 1. The molecule has 44 heavy (non-hydrogen) atoms. The molecule has 0 fully saturated rings. The zero-order valence-corrected chi connectivity index (χ0v) is 26.7. The molecule has 4 amide bonds. The summed E-state index contributed by atoms with van der Waals surface area (Å²) in [4.78, 5) is 51.3. The maximum Gasteiger partial charge on any atom is 0.412 e. The minimum atomic E-state index is -0.661. The van der Waals surface area contributed by atoms with Crippen molar-refractivity contribution in [2.75, 3.05) is 43.1 Å². The van der Waals surface area contributed by atoms with E-state index < -0.39 is 17.6 Å². The fourth-order valence-corrected chi connectivity index (χ4v) is 5.21. The number of nitrogens with zero attached hydrogens (tertiary/aromatic N) is 4. The van der Waals surface area contributed by atoms with Gasteiger partial charge in [0.05, 0.1) is 21.6 Å². The number of pyridine rings is 1. The van der Waals surface area contributed by atoms with Gasteiger partial charge < -0.3 is 19.9 Å². The summed E-state index contributed by atoms with van der Waals surface area (Å²) in [7, 11) is 3.99. The molecule has 0 bridgehead atoms. The number of anilines is 3. The number of carbonyl (C=O) groups is 3. The summed E-state index contributed by atoms with van der Waals surface area (Å²) < 4.78 is 6.34. The Kier molecular flexibility index (Phi) is 10.5. The molecule has 0 aliphatic rings. The number of urea groups is 1. The summed E-state index contributed by atoms with van der Waals surface area (Å²) in [5.74, 6) is -0.443. The largest absolute Gasteiger partial charge is 0.444 e. The van der Waals surface area contributed by atoms with E-state index in [4.69, 9.17) is 4.74 Å². The Bertz CT molecular complexity index is 1610. The summed E-state index contributed by atoms with van der Waals surface area (Å²) in [5, 5.41) is 8.96. The van der Waals surface area contributed by atoms with E-state index >= 15 is 0 Å². The lowest BCUT2D eigenvalue weighted by Crippen LogP contribution is -2.36. The monoisotopic (exact) mass is 617 g/mol. The summed E-state index contributed by atoms with van der Waals surface area (Å²) >= 11 is 1.44. The predicted molar refractivity (Wildman–Crippen MR) is 175 cm³/mol. The molecule has 0 saturated heterocycles. The molecule has 0 unspecified atom stereocenters. The third kappa shape index (κ3) is 9.48. The van der Waals surface area contributed by atoms with Crippen molar-refractivity contribution in [2.45, 2.75) is 46.3 Å². The van der Waals surface area contributed by atoms with Crippen molar-refractivity contribution < 1.29 is 19.1 Å². The van der Waals surface area contributed by atoms with Crippen LogP contribution in [-0.2, 0) is 11.3 Å². The molecule has 2 aromatic carbocycles. The number of ether oxygens (including phenoxy) is 1. The van der Waals surface area contributed by atoms with Gasteiger partial charge in [0.2, 0.25) is 0 Å². The number of aromatic nitrogens is 2. The third-order valence-corrected chi connectivity index (χ3v) is 7.25. The van der Waals surface area contributed by atoms with Gasteiger partial charge in [-0.25, -0.2) is 14.6 Å². The van der Waals surface area contributed by atoms with Gasteiger partial charge >= 0.3 is 12.1 Å². The van der Waals surface area contributed by atoms with E-state index in [9.17, 15) is 14.4 Å². The molecule has 2 aromatic heterocycles. The second-order valence-electron chi connectivity index (χ2n) is 11.7. The summed E-state index contributed by atoms with van der Waals surface area (Å²) in [6.07, 6.45) is 1.75. The second-order valence-corrected chi connectivity index (χ2v) is 12.7. The molecule has 0 spiro atoms. The lowest BCUT2D eigenvalue weighted by atomic mass is 10.2. The number of thiazole rings is 1. The van der Waals surface area contributed by atoms with E-state index in [1.165, 1.54) is 11.3 Å². The van der Waals surface area contributed by atoms with Gasteiger partial charge in [0, 0.05) is 19.3 Å². The molecule has 0 radical (unpaired) electrons. The first-order chi connectivity index (χ1) is 20.9. The number of rotatable bonds is 10. The van der Waals surface area contributed by atoms with Crippen molar-refractivity contribution >= 4 is 56.1 Å². The smallest absolute Gasteiger partial charge is 0.412 e. The molecular weight excluding hydrogens is 578 g/mol. The van der Waals surface area contributed by atoms with Gasteiger partial charge in [-0.15, -0.1) is 0 Å². The predicted octanol–water partition coefficient (Wildman–Crippen LogP) is 6.58. The molecule has 4 rings (SSSR count). The minimum Gasteiger partial charge on any atom is -0.444 e. The van der Waals surface area contributed by atoms with Crippen LogP contribution in [0, 0.1) is 6.92 Å². The van der Waals surface area contributed by atoms with Gasteiger partial charge in [-0.1, -0.05) is 35.6 Å². The van der Waals surface area contributed by atoms with Crippen molar-refractivity contribution in [2.24, 2.45) is 0 Å². The molecule has 0 aliphatic heterocycles. The van der Waals surface area contributed by atoms with Crippen LogP contribution in [0.5, 0.6) is 0 Å². The molecular formula is C32H39N7O4S.